The highest BCUT2D eigenvalue weighted by Gasteiger charge is 2.30. The van der Waals surface area contributed by atoms with E-state index < -0.39 is 10.0 Å². The Bertz CT molecular complexity index is 685. The van der Waals surface area contributed by atoms with Crippen LogP contribution >= 0.6 is 0 Å². The highest BCUT2D eigenvalue weighted by atomic mass is 32.2. The van der Waals surface area contributed by atoms with Gasteiger partial charge in [-0.15, -0.1) is 0 Å². The summed E-state index contributed by atoms with van der Waals surface area (Å²) in [5.74, 6) is -0.0402. The van der Waals surface area contributed by atoms with E-state index in [0.717, 1.165) is 23.2 Å². The Kier molecular flexibility index (Phi) is 6.01. The predicted molar refractivity (Wildman–Crippen MR) is 94.5 cm³/mol. The smallest absolute Gasteiger partial charge is 0.243 e. The van der Waals surface area contributed by atoms with Gasteiger partial charge < -0.3 is 5.32 Å². The third-order valence-electron chi connectivity index (χ3n) is 4.34. The summed E-state index contributed by atoms with van der Waals surface area (Å²) in [4.78, 5) is 13.5. The lowest BCUT2D eigenvalue weighted by atomic mass is 10.1. The number of rotatable bonds is 5. The maximum absolute atomic E-state index is 13.0. The monoisotopic (exact) mass is 353 g/mol. The van der Waals surface area contributed by atoms with E-state index in [1.807, 2.05) is 32.9 Å². The summed E-state index contributed by atoms with van der Waals surface area (Å²) in [5, 5.41) is 2.77. The quantitative estimate of drug-likeness (QED) is 0.859. The van der Waals surface area contributed by atoms with Crippen molar-refractivity contribution in [2.45, 2.75) is 32.6 Å². The molecule has 0 unspecified atom stereocenters. The Hall–Kier alpha value is -1.44. The molecule has 1 amide bonds. The molecule has 6 nitrogen and oxygen atoms in total. The number of amides is 1. The van der Waals surface area contributed by atoms with Gasteiger partial charge in [0, 0.05) is 46.2 Å². The lowest BCUT2D eigenvalue weighted by Gasteiger charge is -2.34. The first kappa shape index (κ1) is 18.9. The SMILES string of the molecule is CC(=O)NCCN1CCN(S(=O)(=O)c2c(C)cc(C)cc2C)CC1. The molecule has 7 heteroatoms. The van der Waals surface area contributed by atoms with Crippen molar-refractivity contribution in [3.8, 4) is 0 Å². The standard InChI is InChI=1S/C17H27N3O3S/c1-13-11-14(2)17(15(3)12-13)24(22,23)20-9-7-19(8-10-20)6-5-18-16(4)21/h11-12H,5-10H2,1-4H3,(H,18,21). The summed E-state index contributed by atoms with van der Waals surface area (Å²) in [5.41, 5.74) is 2.69. The first-order chi connectivity index (χ1) is 11.2. The summed E-state index contributed by atoms with van der Waals surface area (Å²) in [6.07, 6.45) is 0. The molecule has 24 heavy (non-hydrogen) atoms. The van der Waals surface area contributed by atoms with Crippen molar-refractivity contribution in [2.24, 2.45) is 0 Å². The number of piperazine rings is 1. The normalized spacial score (nSPS) is 17.0. The Morgan fingerprint density at radius 3 is 2.12 bits per heavy atom. The van der Waals surface area contributed by atoms with Gasteiger partial charge in [-0.1, -0.05) is 17.7 Å². The van der Waals surface area contributed by atoms with E-state index in [1.54, 1.807) is 4.31 Å². The van der Waals surface area contributed by atoms with Gasteiger partial charge in [0.05, 0.1) is 4.90 Å². The molecule has 1 heterocycles. The average Bonchev–Trinajstić information content (AvgIpc) is 2.46. The van der Waals surface area contributed by atoms with Crippen molar-refractivity contribution in [1.29, 1.82) is 0 Å². The molecule has 0 atom stereocenters. The zero-order valence-corrected chi connectivity index (χ0v) is 15.7. The summed E-state index contributed by atoms with van der Waals surface area (Å²) in [7, 11) is -3.46. The summed E-state index contributed by atoms with van der Waals surface area (Å²) < 4.78 is 27.6. The van der Waals surface area contributed by atoms with Crippen LogP contribution in [0.4, 0.5) is 0 Å². The molecule has 1 fully saturated rings. The minimum absolute atomic E-state index is 0.0402. The Morgan fingerprint density at radius 1 is 1.08 bits per heavy atom. The van der Waals surface area contributed by atoms with Crippen LogP contribution in [0, 0.1) is 20.8 Å². The maximum atomic E-state index is 13.0. The predicted octanol–water partition coefficient (Wildman–Crippen LogP) is 1.05. The molecule has 0 radical (unpaired) electrons. The van der Waals surface area contributed by atoms with Gasteiger partial charge >= 0.3 is 0 Å². The molecule has 1 aromatic rings. The van der Waals surface area contributed by atoms with Crippen LogP contribution < -0.4 is 5.32 Å². The third-order valence-corrected chi connectivity index (χ3v) is 6.54. The van der Waals surface area contributed by atoms with Crippen molar-refractivity contribution in [3.05, 3.63) is 28.8 Å². The molecule has 134 valence electrons. The molecule has 0 aromatic heterocycles. The van der Waals surface area contributed by atoms with Crippen LogP contribution in [-0.2, 0) is 14.8 Å². The molecule has 1 aliphatic rings. The van der Waals surface area contributed by atoms with Gasteiger partial charge in [-0.05, 0) is 31.9 Å². The number of carbonyl (C=O) groups excluding carboxylic acids is 1. The minimum Gasteiger partial charge on any atom is -0.355 e. The maximum Gasteiger partial charge on any atom is 0.243 e. The zero-order chi connectivity index (χ0) is 17.9. The van der Waals surface area contributed by atoms with Crippen LogP contribution in [0.25, 0.3) is 0 Å². The van der Waals surface area contributed by atoms with E-state index in [-0.39, 0.29) is 5.91 Å². The van der Waals surface area contributed by atoms with Crippen LogP contribution in [0.2, 0.25) is 0 Å². The number of nitrogens with zero attached hydrogens (tertiary/aromatic N) is 2. The number of aryl methyl sites for hydroxylation is 3. The van der Waals surface area contributed by atoms with E-state index in [0.29, 0.717) is 37.6 Å². The van der Waals surface area contributed by atoms with Crippen molar-refractivity contribution < 1.29 is 13.2 Å². The minimum atomic E-state index is -3.46. The molecular formula is C17H27N3O3S. The fourth-order valence-electron chi connectivity index (χ4n) is 3.29. The Balaban J connectivity index is 2.04. The van der Waals surface area contributed by atoms with Crippen molar-refractivity contribution in [2.75, 3.05) is 39.3 Å². The van der Waals surface area contributed by atoms with Gasteiger partial charge in [0.25, 0.3) is 0 Å². The van der Waals surface area contributed by atoms with Gasteiger partial charge in [0.2, 0.25) is 15.9 Å². The van der Waals surface area contributed by atoms with Crippen molar-refractivity contribution in [3.63, 3.8) is 0 Å². The van der Waals surface area contributed by atoms with Gasteiger partial charge in [-0.2, -0.15) is 4.31 Å². The Morgan fingerprint density at radius 2 is 1.62 bits per heavy atom. The van der Waals surface area contributed by atoms with Crippen molar-refractivity contribution >= 4 is 15.9 Å². The van der Waals surface area contributed by atoms with Crippen LogP contribution in [0.15, 0.2) is 17.0 Å². The molecular weight excluding hydrogens is 326 g/mol. The number of benzene rings is 1. The average molecular weight is 353 g/mol. The van der Waals surface area contributed by atoms with Crippen LogP contribution in [0.5, 0.6) is 0 Å². The van der Waals surface area contributed by atoms with Gasteiger partial charge in [0.1, 0.15) is 0 Å². The molecule has 0 saturated carbocycles. The topological polar surface area (TPSA) is 69.7 Å². The molecule has 0 bridgehead atoms. The molecule has 1 saturated heterocycles. The number of nitrogens with one attached hydrogen (secondary N) is 1. The number of hydrogen-bond acceptors (Lipinski definition) is 4. The lowest BCUT2D eigenvalue weighted by molar-refractivity contribution is -0.119. The highest BCUT2D eigenvalue weighted by Crippen LogP contribution is 2.25. The van der Waals surface area contributed by atoms with Crippen molar-refractivity contribution in [1.82, 2.24) is 14.5 Å². The fourth-order valence-corrected chi connectivity index (χ4v) is 5.12. The molecule has 0 aliphatic carbocycles. The second-order valence-corrected chi connectivity index (χ2v) is 8.33. The fraction of sp³-hybridized carbons (Fsp3) is 0.588. The largest absolute Gasteiger partial charge is 0.355 e. The third kappa shape index (κ3) is 4.34. The number of carbonyl (C=O) groups is 1. The zero-order valence-electron chi connectivity index (χ0n) is 14.9. The van der Waals surface area contributed by atoms with E-state index in [1.165, 1.54) is 6.92 Å². The van der Waals surface area contributed by atoms with Crippen LogP contribution in [-0.4, -0.2) is 62.8 Å². The summed E-state index contributed by atoms with van der Waals surface area (Å²) in [6.45, 7) is 10.9. The van der Waals surface area contributed by atoms with Gasteiger partial charge in [0.15, 0.2) is 0 Å². The first-order valence-electron chi connectivity index (χ1n) is 8.26. The lowest BCUT2D eigenvalue weighted by Crippen LogP contribution is -2.50. The first-order valence-corrected chi connectivity index (χ1v) is 9.70. The number of sulfonamides is 1. The summed E-state index contributed by atoms with van der Waals surface area (Å²) in [6, 6.07) is 3.84. The van der Waals surface area contributed by atoms with Gasteiger partial charge in [-0.3, -0.25) is 9.69 Å². The van der Waals surface area contributed by atoms with Crippen LogP contribution in [0.3, 0.4) is 0 Å². The summed E-state index contributed by atoms with van der Waals surface area (Å²) >= 11 is 0. The molecule has 2 rings (SSSR count). The molecule has 1 aromatic carbocycles. The molecule has 0 spiro atoms. The Labute approximate surface area is 144 Å². The van der Waals surface area contributed by atoms with Gasteiger partial charge in [-0.25, -0.2) is 8.42 Å². The van der Waals surface area contributed by atoms with Crippen LogP contribution in [0.1, 0.15) is 23.6 Å². The second-order valence-electron chi connectivity index (χ2n) is 6.46. The highest BCUT2D eigenvalue weighted by molar-refractivity contribution is 7.89. The van der Waals surface area contributed by atoms with E-state index in [2.05, 4.69) is 10.2 Å². The number of hydrogen-bond donors (Lipinski definition) is 1. The van der Waals surface area contributed by atoms with E-state index >= 15 is 0 Å². The van der Waals surface area contributed by atoms with E-state index in [4.69, 9.17) is 0 Å². The second kappa shape index (κ2) is 7.63. The molecule has 1 aliphatic heterocycles. The van der Waals surface area contributed by atoms with E-state index in [9.17, 15) is 13.2 Å². The molecule has 1 N–H and O–H groups in total.